The van der Waals surface area contributed by atoms with Crippen LogP contribution in [0.15, 0.2) is 0 Å². The van der Waals surface area contributed by atoms with Gasteiger partial charge in [0.2, 0.25) is 0 Å². The minimum atomic E-state index is -4.96. The number of unbranched alkanes of at least 4 members (excludes halogenated alkanes) is 47. The number of aliphatic hydroxyl groups excluding tert-OH is 1. The number of hydrogen-bond acceptors (Lipinski definition) is 15. The van der Waals surface area contributed by atoms with Gasteiger partial charge in [0.1, 0.15) is 19.3 Å². The highest BCUT2D eigenvalue weighted by molar-refractivity contribution is 7.47. The lowest BCUT2D eigenvalue weighted by molar-refractivity contribution is -0.161. The monoisotopic (exact) mass is 1450 g/mol. The van der Waals surface area contributed by atoms with E-state index < -0.39 is 97.5 Å². The summed E-state index contributed by atoms with van der Waals surface area (Å²) in [6.07, 6.45) is 60.8. The molecular formula is C80H156O17P2. The number of ether oxygens (including phenoxy) is 4. The van der Waals surface area contributed by atoms with E-state index in [0.717, 1.165) is 102 Å². The molecular weight excluding hydrogens is 1290 g/mol. The van der Waals surface area contributed by atoms with E-state index in [2.05, 4.69) is 41.5 Å². The van der Waals surface area contributed by atoms with E-state index in [1.54, 1.807) is 0 Å². The molecule has 7 atom stereocenters. The van der Waals surface area contributed by atoms with Crippen molar-refractivity contribution >= 4 is 39.5 Å². The Morgan fingerprint density at radius 3 is 0.717 bits per heavy atom. The van der Waals surface area contributed by atoms with Crippen LogP contribution in [0.1, 0.15) is 420 Å². The molecule has 0 spiro atoms. The summed E-state index contributed by atoms with van der Waals surface area (Å²) in [5.74, 6) is -0.428. The summed E-state index contributed by atoms with van der Waals surface area (Å²) in [5.41, 5.74) is 0. The van der Waals surface area contributed by atoms with E-state index in [-0.39, 0.29) is 25.7 Å². The molecule has 0 rings (SSSR count). The number of phosphoric ester groups is 2. The number of aliphatic hydroxyl groups is 1. The molecule has 588 valence electrons. The molecule has 0 heterocycles. The van der Waals surface area contributed by atoms with Crippen LogP contribution in [-0.4, -0.2) is 96.7 Å². The molecule has 0 saturated carbocycles. The number of hydrogen-bond donors (Lipinski definition) is 3. The van der Waals surface area contributed by atoms with Gasteiger partial charge in [0.25, 0.3) is 0 Å². The first-order chi connectivity index (χ1) is 47.9. The second-order valence-electron chi connectivity index (χ2n) is 29.3. The molecule has 0 aliphatic heterocycles. The Labute approximate surface area is 607 Å². The van der Waals surface area contributed by atoms with Gasteiger partial charge < -0.3 is 33.8 Å². The Balaban J connectivity index is 5.21. The second kappa shape index (κ2) is 71.7. The first kappa shape index (κ1) is 97.1. The normalized spacial score (nSPS) is 14.5. The predicted octanol–water partition coefficient (Wildman–Crippen LogP) is 23.9. The molecule has 0 aromatic heterocycles. The Kier molecular flexibility index (Phi) is 70.3. The Morgan fingerprint density at radius 1 is 0.283 bits per heavy atom. The highest BCUT2D eigenvalue weighted by atomic mass is 31.2. The van der Waals surface area contributed by atoms with Gasteiger partial charge in [-0.15, -0.1) is 0 Å². The standard InChI is InChI=1S/C80H156O17P2/c1-7-11-13-15-17-19-21-32-40-46-52-58-64-79(84)96-75(68-90-77(82)62-56-50-44-38-30-20-18-16-14-12-8-2)70-94-98(86,87)92-66-74(81)67-93-99(88,89)95-71-76(69-91-78(83)63-57-51-45-39-35-34-37-43-49-55-61-73(6)10-4)97-80(85)65-59-53-47-41-33-29-27-25-23-22-24-26-28-31-36-42-48-54-60-72(5)9-3/h72-76,81H,7-71H2,1-6H3,(H,86,87)(H,88,89)/t72?,73?,74-,75+,76+/m0/s1. The van der Waals surface area contributed by atoms with Gasteiger partial charge in [0, 0.05) is 25.7 Å². The first-order valence-electron chi connectivity index (χ1n) is 41.6. The molecule has 0 aromatic carbocycles. The molecule has 17 nitrogen and oxygen atoms in total. The quantitative estimate of drug-likeness (QED) is 0.0222. The maximum absolute atomic E-state index is 13.1. The minimum Gasteiger partial charge on any atom is -0.462 e. The predicted molar refractivity (Wildman–Crippen MR) is 405 cm³/mol. The van der Waals surface area contributed by atoms with Crippen molar-refractivity contribution in [3.8, 4) is 0 Å². The van der Waals surface area contributed by atoms with Crippen LogP contribution in [0.5, 0.6) is 0 Å². The Hall–Kier alpha value is -1.94. The van der Waals surface area contributed by atoms with Gasteiger partial charge in [0.05, 0.1) is 26.4 Å². The van der Waals surface area contributed by atoms with Crippen LogP contribution in [0.4, 0.5) is 0 Å². The fourth-order valence-corrected chi connectivity index (χ4v) is 13.9. The van der Waals surface area contributed by atoms with Crippen molar-refractivity contribution in [3.05, 3.63) is 0 Å². The molecule has 4 unspecified atom stereocenters. The zero-order chi connectivity index (χ0) is 72.8. The molecule has 0 radical (unpaired) electrons. The number of carbonyl (C=O) groups excluding carboxylic acids is 4. The summed E-state index contributed by atoms with van der Waals surface area (Å²) in [6, 6.07) is 0. The Morgan fingerprint density at radius 2 is 0.485 bits per heavy atom. The highest BCUT2D eigenvalue weighted by Crippen LogP contribution is 2.45. The molecule has 19 heteroatoms. The van der Waals surface area contributed by atoms with Crippen LogP contribution in [-0.2, 0) is 65.4 Å². The van der Waals surface area contributed by atoms with Crippen molar-refractivity contribution < 1.29 is 80.2 Å². The van der Waals surface area contributed by atoms with E-state index in [1.807, 2.05) is 0 Å². The first-order valence-corrected chi connectivity index (χ1v) is 44.6. The zero-order valence-corrected chi connectivity index (χ0v) is 66.6. The summed E-state index contributed by atoms with van der Waals surface area (Å²) in [7, 11) is -9.92. The van der Waals surface area contributed by atoms with Crippen LogP contribution in [0.2, 0.25) is 0 Å². The van der Waals surface area contributed by atoms with Gasteiger partial charge >= 0.3 is 39.5 Å². The van der Waals surface area contributed by atoms with Gasteiger partial charge in [-0.3, -0.25) is 37.3 Å². The molecule has 0 bridgehead atoms. The summed E-state index contributed by atoms with van der Waals surface area (Å²) >= 11 is 0. The van der Waals surface area contributed by atoms with Crippen molar-refractivity contribution in [2.45, 2.75) is 439 Å². The zero-order valence-electron chi connectivity index (χ0n) is 64.8. The number of rotatable bonds is 79. The van der Waals surface area contributed by atoms with Crippen LogP contribution in [0.25, 0.3) is 0 Å². The van der Waals surface area contributed by atoms with Crippen LogP contribution < -0.4 is 0 Å². The Bertz CT molecular complexity index is 1910. The van der Waals surface area contributed by atoms with Crippen LogP contribution in [0, 0.1) is 11.8 Å². The average Bonchev–Trinajstić information content (AvgIpc) is 1.04. The van der Waals surface area contributed by atoms with Crippen molar-refractivity contribution in [1.82, 2.24) is 0 Å². The van der Waals surface area contributed by atoms with Gasteiger partial charge in [-0.1, -0.05) is 369 Å². The summed E-state index contributed by atoms with van der Waals surface area (Å²) < 4.78 is 68.6. The van der Waals surface area contributed by atoms with Gasteiger partial charge in [-0.25, -0.2) is 9.13 Å². The SMILES string of the molecule is CCCCCCCCCCCCCCC(=O)O[C@H](COC(=O)CCCCCCCCCCCCC)COP(=O)(O)OC[C@H](O)COP(=O)(O)OC[C@@H](COC(=O)CCCCCCCCCCCCC(C)CC)OC(=O)CCCCCCCCCCCCCCCCCCCCC(C)CC. The van der Waals surface area contributed by atoms with E-state index in [1.165, 1.54) is 238 Å². The maximum atomic E-state index is 13.1. The number of carbonyl (C=O) groups is 4. The molecule has 0 saturated heterocycles. The fourth-order valence-electron chi connectivity index (χ4n) is 12.3. The molecule has 3 N–H and O–H groups in total. The topological polar surface area (TPSA) is 237 Å². The van der Waals surface area contributed by atoms with E-state index in [4.69, 9.17) is 37.0 Å². The van der Waals surface area contributed by atoms with Crippen molar-refractivity contribution in [2.75, 3.05) is 39.6 Å². The fraction of sp³-hybridized carbons (Fsp3) is 0.950. The van der Waals surface area contributed by atoms with Gasteiger partial charge in [-0.05, 0) is 37.5 Å². The third-order valence-electron chi connectivity index (χ3n) is 19.4. The minimum absolute atomic E-state index is 0.108. The summed E-state index contributed by atoms with van der Waals surface area (Å²) in [5, 5.41) is 10.6. The van der Waals surface area contributed by atoms with E-state index in [9.17, 15) is 43.2 Å². The molecule has 0 aromatic rings. The van der Waals surface area contributed by atoms with E-state index in [0.29, 0.717) is 25.7 Å². The maximum Gasteiger partial charge on any atom is 0.472 e. The van der Waals surface area contributed by atoms with Gasteiger partial charge in [-0.2, -0.15) is 0 Å². The molecule has 0 amide bonds. The van der Waals surface area contributed by atoms with E-state index >= 15 is 0 Å². The lowest BCUT2D eigenvalue weighted by atomic mass is 9.99. The number of esters is 4. The number of phosphoric acid groups is 2. The molecule has 0 fully saturated rings. The second-order valence-corrected chi connectivity index (χ2v) is 32.2. The third kappa shape index (κ3) is 71.5. The average molecular weight is 1450 g/mol. The summed E-state index contributed by atoms with van der Waals surface area (Å²) in [6.45, 7) is 9.72. The smallest absolute Gasteiger partial charge is 0.462 e. The van der Waals surface area contributed by atoms with Crippen molar-refractivity contribution in [3.63, 3.8) is 0 Å². The van der Waals surface area contributed by atoms with Gasteiger partial charge in [0.15, 0.2) is 12.2 Å². The van der Waals surface area contributed by atoms with Crippen molar-refractivity contribution in [2.24, 2.45) is 11.8 Å². The van der Waals surface area contributed by atoms with Crippen molar-refractivity contribution in [1.29, 1.82) is 0 Å². The lowest BCUT2D eigenvalue weighted by Crippen LogP contribution is -2.30. The third-order valence-corrected chi connectivity index (χ3v) is 21.3. The van der Waals surface area contributed by atoms with Crippen LogP contribution in [0.3, 0.4) is 0 Å². The lowest BCUT2D eigenvalue weighted by Gasteiger charge is -2.21. The largest absolute Gasteiger partial charge is 0.472 e. The molecule has 0 aliphatic carbocycles. The molecule has 99 heavy (non-hydrogen) atoms. The highest BCUT2D eigenvalue weighted by Gasteiger charge is 2.30. The molecule has 0 aliphatic rings. The van der Waals surface area contributed by atoms with Crippen LogP contribution >= 0.6 is 15.6 Å². The summed E-state index contributed by atoms with van der Waals surface area (Å²) in [4.78, 5) is 72.9.